The van der Waals surface area contributed by atoms with Crippen molar-refractivity contribution in [2.75, 3.05) is 43.5 Å². The van der Waals surface area contributed by atoms with Gasteiger partial charge in [0.2, 0.25) is 11.9 Å². The molecular formula is C32H40FN7O3. The Labute approximate surface area is 251 Å². The van der Waals surface area contributed by atoms with Crippen molar-refractivity contribution in [1.82, 2.24) is 24.0 Å². The van der Waals surface area contributed by atoms with E-state index in [1.54, 1.807) is 7.05 Å². The van der Waals surface area contributed by atoms with Gasteiger partial charge in [0.05, 0.1) is 17.6 Å². The first-order valence-corrected chi connectivity index (χ1v) is 14.8. The molecule has 11 heteroatoms. The molecule has 1 fully saturated rings. The van der Waals surface area contributed by atoms with Gasteiger partial charge in [-0.05, 0) is 49.6 Å². The van der Waals surface area contributed by atoms with Gasteiger partial charge in [-0.2, -0.15) is 0 Å². The minimum atomic E-state index is -0.799. The van der Waals surface area contributed by atoms with Crippen molar-refractivity contribution in [3.8, 4) is 0 Å². The number of carbonyl (C=O) groups is 1. The third-order valence-electron chi connectivity index (χ3n) is 8.19. The van der Waals surface area contributed by atoms with Crippen LogP contribution < -0.4 is 15.4 Å². The third kappa shape index (κ3) is 6.35. The molecule has 2 aromatic heterocycles. The smallest absolute Gasteiger partial charge is 0.411 e. The lowest BCUT2D eigenvalue weighted by Crippen LogP contribution is -2.47. The minimum Gasteiger partial charge on any atom is -0.424 e. The maximum atomic E-state index is 13.6. The predicted octanol–water partition coefficient (Wildman–Crippen LogP) is 5.13. The first kappa shape index (κ1) is 30.1. The molecule has 1 aliphatic rings. The van der Waals surface area contributed by atoms with Crippen molar-refractivity contribution in [2.24, 2.45) is 5.92 Å². The number of nitrogens with zero attached hydrogens (tertiary/aromatic N) is 7. The second-order valence-electron chi connectivity index (χ2n) is 11.4. The molecule has 10 nitrogen and oxygen atoms in total. The van der Waals surface area contributed by atoms with Crippen LogP contribution in [0.3, 0.4) is 0 Å². The number of hydrogen-bond donors (Lipinski definition) is 0. The number of ether oxygens (including phenoxy) is 1. The van der Waals surface area contributed by atoms with Gasteiger partial charge in [0.1, 0.15) is 5.82 Å². The van der Waals surface area contributed by atoms with E-state index in [0.29, 0.717) is 19.0 Å². The van der Waals surface area contributed by atoms with Gasteiger partial charge >= 0.3 is 6.09 Å². The van der Waals surface area contributed by atoms with E-state index in [9.17, 15) is 14.0 Å². The summed E-state index contributed by atoms with van der Waals surface area (Å²) in [7, 11) is 3.61. The Morgan fingerprint density at radius 1 is 1.07 bits per heavy atom. The summed E-state index contributed by atoms with van der Waals surface area (Å²) in [5, 5.41) is 0. The first-order chi connectivity index (χ1) is 20.7. The highest BCUT2D eigenvalue weighted by atomic mass is 19.1. The van der Waals surface area contributed by atoms with Crippen molar-refractivity contribution < 1.29 is 13.9 Å². The molecule has 1 aliphatic heterocycles. The summed E-state index contributed by atoms with van der Waals surface area (Å²) in [6, 6.07) is 16.2. The lowest BCUT2D eigenvalue weighted by Gasteiger charge is -2.39. The molecule has 0 spiro atoms. The number of anilines is 2. The van der Waals surface area contributed by atoms with Crippen molar-refractivity contribution in [3.63, 3.8) is 0 Å². The quantitative estimate of drug-likeness (QED) is 0.268. The van der Waals surface area contributed by atoms with Crippen LogP contribution in [-0.4, -0.2) is 69.9 Å². The predicted molar refractivity (Wildman–Crippen MR) is 166 cm³/mol. The zero-order valence-electron chi connectivity index (χ0n) is 25.5. The monoisotopic (exact) mass is 589 g/mol. The molecule has 0 bridgehead atoms. The number of hydrogen-bond acceptors (Lipinski definition) is 7. The molecule has 3 heterocycles. The van der Waals surface area contributed by atoms with Crippen LogP contribution in [0.1, 0.15) is 45.4 Å². The van der Waals surface area contributed by atoms with Gasteiger partial charge < -0.3 is 24.0 Å². The molecule has 1 amide bonds. The molecule has 1 atom stereocenters. The van der Waals surface area contributed by atoms with Crippen molar-refractivity contribution in [3.05, 3.63) is 82.5 Å². The summed E-state index contributed by atoms with van der Waals surface area (Å²) < 4.78 is 23.1. The molecule has 5 rings (SSSR count). The second kappa shape index (κ2) is 12.8. The number of piperidine rings is 1. The Bertz CT molecular complexity index is 1610. The first-order valence-electron chi connectivity index (χ1n) is 14.8. The molecule has 1 saturated heterocycles. The number of rotatable bonds is 9. The number of benzene rings is 2. The fourth-order valence-corrected chi connectivity index (χ4v) is 5.57. The zero-order chi connectivity index (χ0) is 30.7. The normalized spacial score (nSPS) is 14.7. The van der Waals surface area contributed by atoms with Gasteiger partial charge in [0.15, 0.2) is 6.23 Å². The molecule has 0 N–H and O–H groups in total. The third-order valence-corrected chi connectivity index (χ3v) is 8.19. The number of halogens is 1. The van der Waals surface area contributed by atoms with Crippen molar-refractivity contribution in [1.29, 1.82) is 0 Å². The van der Waals surface area contributed by atoms with Gasteiger partial charge in [0, 0.05) is 58.0 Å². The van der Waals surface area contributed by atoms with E-state index < -0.39 is 12.3 Å². The van der Waals surface area contributed by atoms with Crippen LogP contribution in [0.25, 0.3) is 11.0 Å². The van der Waals surface area contributed by atoms with Crippen molar-refractivity contribution in [2.45, 2.75) is 52.4 Å². The minimum absolute atomic E-state index is 0.105. The van der Waals surface area contributed by atoms with Crippen LogP contribution in [0.4, 0.5) is 21.1 Å². The number of carbonyl (C=O) groups excluding carboxylic acids is 1. The Hall–Kier alpha value is -4.41. The van der Waals surface area contributed by atoms with Gasteiger partial charge in [-0.3, -0.25) is 4.79 Å². The number of para-hydroxylation sites is 2. The Balaban J connectivity index is 1.37. The molecule has 0 aliphatic carbocycles. The van der Waals surface area contributed by atoms with E-state index in [1.807, 2.05) is 63.1 Å². The summed E-state index contributed by atoms with van der Waals surface area (Å²) >= 11 is 0. The Morgan fingerprint density at radius 2 is 1.77 bits per heavy atom. The fourth-order valence-electron chi connectivity index (χ4n) is 5.57. The number of imidazole rings is 1. The Morgan fingerprint density at radius 3 is 2.44 bits per heavy atom. The van der Waals surface area contributed by atoms with E-state index >= 15 is 0 Å². The van der Waals surface area contributed by atoms with E-state index in [2.05, 4.69) is 20.5 Å². The Kier molecular flexibility index (Phi) is 8.98. The summed E-state index contributed by atoms with van der Waals surface area (Å²) in [5.74, 6) is 0.947. The van der Waals surface area contributed by atoms with E-state index in [4.69, 9.17) is 9.72 Å². The summed E-state index contributed by atoms with van der Waals surface area (Å²) in [6.45, 7) is 8.29. The molecule has 1 unspecified atom stereocenters. The molecule has 2 aromatic carbocycles. The molecule has 43 heavy (non-hydrogen) atoms. The van der Waals surface area contributed by atoms with Crippen LogP contribution >= 0.6 is 0 Å². The standard InChI is InChI=1S/C32H40FN7O3/c1-6-36(4)32(42)43-29(22(2)3)40-28(41)15-18-34-30(40)37(5)25-16-19-38(20-17-25)31-35-26-9-7-8-10-27(26)39(31)21-23-11-13-24(33)14-12-23/h7-15,18,22,25,29H,6,16-17,19-21H2,1-5H3. The lowest BCUT2D eigenvalue weighted by atomic mass is 10.0. The second-order valence-corrected chi connectivity index (χ2v) is 11.4. The van der Waals surface area contributed by atoms with Gasteiger partial charge in [-0.1, -0.05) is 38.1 Å². The number of fused-ring (bicyclic) bond motifs is 1. The highest BCUT2D eigenvalue weighted by Crippen LogP contribution is 2.30. The fraction of sp³-hybridized carbons (Fsp3) is 0.438. The van der Waals surface area contributed by atoms with Gasteiger partial charge in [0.25, 0.3) is 5.56 Å². The zero-order valence-corrected chi connectivity index (χ0v) is 25.5. The summed E-state index contributed by atoms with van der Waals surface area (Å²) in [5.41, 5.74) is 2.68. The molecule has 0 saturated carbocycles. The van der Waals surface area contributed by atoms with Crippen LogP contribution in [0.2, 0.25) is 0 Å². The molecular weight excluding hydrogens is 549 g/mol. The average molecular weight is 590 g/mol. The largest absolute Gasteiger partial charge is 0.424 e. The summed E-state index contributed by atoms with van der Waals surface area (Å²) in [6.07, 6.45) is 1.85. The number of amides is 1. The highest BCUT2D eigenvalue weighted by molar-refractivity contribution is 5.79. The summed E-state index contributed by atoms with van der Waals surface area (Å²) in [4.78, 5) is 41.2. The van der Waals surface area contributed by atoms with Crippen LogP contribution in [0, 0.1) is 11.7 Å². The van der Waals surface area contributed by atoms with Crippen LogP contribution in [0.15, 0.2) is 65.6 Å². The topological polar surface area (TPSA) is 88.7 Å². The average Bonchev–Trinajstić information content (AvgIpc) is 3.38. The van der Waals surface area contributed by atoms with Crippen LogP contribution in [0.5, 0.6) is 0 Å². The SMILES string of the molecule is CCN(C)C(=O)OC(C(C)C)n1c(N(C)C2CCN(c3nc4ccccc4n3Cc3ccc(F)cc3)CC2)nccc1=O. The maximum absolute atomic E-state index is 13.6. The maximum Gasteiger partial charge on any atom is 0.411 e. The number of aromatic nitrogens is 4. The highest BCUT2D eigenvalue weighted by Gasteiger charge is 2.31. The molecule has 4 aromatic rings. The van der Waals surface area contributed by atoms with E-state index in [0.717, 1.165) is 48.5 Å². The molecule has 228 valence electrons. The van der Waals surface area contributed by atoms with Crippen molar-refractivity contribution >= 4 is 29.0 Å². The van der Waals surface area contributed by atoms with Gasteiger partial charge in [-0.15, -0.1) is 0 Å². The molecule has 0 radical (unpaired) electrons. The lowest BCUT2D eigenvalue weighted by molar-refractivity contribution is 0.00451. The van der Waals surface area contributed by atoms with E-state index in [-0.39, 0.29) is 23.3 Å². The van der Waals surface area contributed by atoms with Crippen LogP contribution in [-0.2, 0) is 11.3 Å². The van der Waals surface area contributed by atoms with E-state index in [1.165, 1.54) is 33.9 Å². The van der Waals surface area contributed by atoms with Gasteiger partial charge in [-0.25, -0.2) is 23.7 Å².